The second-order valence-electron chi connectivity index (χ2n) is 4.37. The molecule has 102 valence electrons. The van der Waals surface area contributed by atoms with E-state index >= 15 is 0 Å². The molecule has 0 spiro atoms. The number of rotatable bonds is 3. The van der Waals surface area contributed by atoms with Gasteiger partial charge < -0.3 is 20.9 Å². The van der Waals surface area contributed by atoms with Crippen molar-refractivity contribution in [3.05, 3.63) is 28.3 Å². The maximum absolute atomic E-state index is 12.0. The summed E-state index contributed by atoms with van der Waals surface area (Å²) in [5.41, 5.74) is 4.40. The number of aromatic hydroxyl groups is 1. The molecule has 1 fully saturated rings. The van der Waals surface area contributed by atoms with Gasteiger partial charge in [-0.25, -0.2) is 0 Å². The molecule has 1 saturated heterocycles. The van der Waals surface area contributed by atoms with Crippen molar-refractivity contribution in [1.29, 1.82) is 0 Å². The van der Waals surface area contributed by atoms with E-state index in [9.17, 15) is 20.0 Å². The summed E-state index contributed by atoms with van der Waals surface area (Å²) >= 11 is 0. The molecule has 1 aromatic rings. The van der Waals surface area contributed by atoms with Crippen molar-refractivity contribution in [2.24, 2.45) is 5.73 Å². The third-order valence-corrected chi connectivity index (χ3v) is 2.94. The Morgan fingerprint density at radius 2 is 2.32 bits per heavy atom. The van der Waals surface area contributed by atoms with Gasteiger partial charge in [0.2, 0.25) is 5.91 Å². The van der Waals surface area contributed by atoms with E-state index in [0.29, 0.717) is 13.0 Å². The van der Waals surface area contributed by atoms with E-state index in [4.69, 9.17) is 10.5 Å². The van der Waals surface area contributed by atoms with Gasteiger partial charge in [0.05, 0.1) is 17.2 Å². The molecule has 0 radical (unpaired) electrons. The summed E-state index contributed by atoms with van der Waals surface area (Å²) in [4.78, 5) is 22.0. The van der Waals surface area contributed by atoms with E-state index < -0.39 is 16.4 Å². The Bertz CT molecular complexity index is 525. The molecule has 1 aromatic carbocycles. The van der Waals surface area contributed by atoms with Gasteiger partial charge in [0.1, 0.15) is 11.3 Å². The Morgan fingerprint density at radius 3 is 2.89 bits per heavy atom. The van der Waals surface area contributed by atoms with Gasteiger partial charge in [-0.15, -0.1) is 0 Å². The fourth-order valence-corrected chi connectivity index (χ4v) is 1.74. The van der Waals surface area contributed by atoms with Crippen molar-refractivity contribution in [2.75, 3.05) is 18.5 Å². The standard InChI is InChI=1S/C11H13N3O5/c12-11(3-4-19-6-11)10(16)13-8-5-7(14(17)18)1-2-9(8)15/h1-2,5,15H,3-4,6,12H2,(H,13,16). The van der Waals surface area contributed by atoms with Crippen LogP contribution < -0.4 is 11.1 Å². The molecule has 1 amide bonds. The van der Waals surface area contributed by atoms with Crippen LogP contribution in [0, 0.1) is 10.1 Å². The first-order valence-corrected chi connectivity index (χ1v) is 5.58. The number of nitrogens with two attached hydrogens (primary N) is 1. The third kappa shape index (κ3) is 2.64. The smallest absolute Gasteiger partial charge is 0.271 e. The number of phenols is 1. The molecule has 2 rings (SSSR count). The molecular weight excluding hydrogens is 254 g/mol. The highest BCUT2D eigenvalue weighted by Gasteiger charge is 2.38. The van der Waals surface area contributed by atoms with Gasteiger partial charge in [-0.05, 0) is 12.5 Å². The largest absolute Gasteiger partial charge is 0.506 e. The SMILES string of the molecule is NC1(C(=O)Nc2cc([N+](=O)[O-])ccc2O)CCOC1. The number of non-ortho nitro benzene ring substituents is 1. The quantitative estimate of drug-likeness (QED) is 0.412. The Hall–Kier alpha value is -2.19. The molecule has 0 aromatic heterocycles. The second-order valence-corrected chi connectivity index (χ2v) is 4.37. The highest BCUT2D eigenvalue weighted by Crippen LogP contribution is 2.29. The maximum atomic E-state index is 12.0. The monoisotopic (exact) mass is 267 g/mol. The molecule has 0 saturated carbocycles. The van der Waals surface area contributed by atoms with Crippen molar-refractivity contribution in [3.8, 4) is 5.75 Å². The van der Waals surface area contributed by atoms with Crippen LogP contribution in [-0.2, 0) is 9.53 Å². The number of nitro groups is 1. The fourth-order valence-electron chi connectivity index (χ4n) is 1.74. The van der Waals surface area contributed by atoms with Crippen molar-refractivity contribution < 1.29 is 19.6 Å². The highest BCUT2D eigenvalue weighted by molar-refractivity contribution is 5.99. The molecule has 1 unspecified atom stereocenters. The van der Waals surface area contributed by atoms with Gasteiger partial charge in [0.15, 0.2) is 0 Å². The minimum absolute atomic E-state index is 0.0454. The number of anilines is 1. The summed E-state index contributed by atoms with van der Waals surface area (Å²) in [5, 5.41) is 22.6. The van der Waals surface area contributed by atoms with Crippen LogP contribution >= 0.6 is 0 Å². The van der Waals surface area contributed by atoms with E-state index in [-0.39, 0.29) is 23.7 Å². The van der Waals surface area contributed by atoms with Gasteiger partial charge in [0, 0.05) is 18.7 Å². The van der Waals surface area contributed by atoms with Crippen molar-refractivity contribution in [3.63, 3.8) is 0 Å². The Kier molecular flexibility index (Phi) is 3.36. The van der Waals surface area contributed by atoms with Gasteiger partial charge in [0.25, 0.3) is 5.69 Å². The van der Waals surface area contributed by atoms with E-state index in [1.54, 1.807) is 0 Å². The molecule has 0 aliphatic carbocycles. The third-order valence-electron chi connectivity index (χ3n) is 2.94. The van der Waals surface area contributed by atoms with Crippen LogP contribution in [0.5, 0.6) is 5.75 Å². The predicted molar refractivity (Wildman–Crippen MR) is 65.7 cm³/mol. The summed E-state index contributed by atoms with van der Waals surface area (Å²) in [7, 11) is 0. The Morgan fingerprint density at radius 1 is 1.58 bits per heavy atom. The van der Waals surface area contributed by atoms with Gasteiger partial charge in [-0.2, -0.15) is 0 Å². The van der Waals surface area contributed by atoms with E-state index in [1.807, 2.05) is 0 Å². The lowest BCUT2D eigenvalue weighted by molar-refractivity contribution is -0.384. The number of carbonyl (C=O) groups excluding carboxylic acids is 1. The lowest BCUT2D eigenvalue weighted by Gasteiger charge is -2.20. The zero-order valence-corrected chi connectivity index (χ0v) is 9.96. The molecule has 8 heteroatoms. The van der Waals surface area contributed by atoms with Crippen LogP contribution in [0.25, 0.3) is 0 Å². The molecule has 1 aliphatic heterocycles. The highest BCUT2D eigenvalue weighted by atomic mass is 16.6. The van der Waals surface area contributed by atoms with E-state index in [1.165, 1.54) is 0 Å². The topological polar surface area (TPSA) is 128 Å². The van der Waals surface area contributed by atoms with Crippen molar-refractivity contribution >= 4 is 17.3 Å². The lowest BCUT2D eigenvalue weighted by atomic mass is 9.99. The molecule has 1 heterocycles. The molecule has 4 N–H and O–H groups in total. The van der Waals surface area contributed by atoms with E-state index in [0.717, 1.165) is 18.2 Å². The van der Waals surface area contributed by atoms with Crippen LogP contribution in [0.15, 0.2) is 18.2 Å². The predicted octanol–water partition coefficient (Wildman–Crippen LogP) is 0.357. The van der Waals surface area contributed by atoms with E-state index in [2.05, 4.69) is 5.32 Å². The average Bonchev–Trinajstić information content (AvgIpc) is 2.80. The van der Waals surface area contributed by atoms with Gasteiger partial charge in [-0.1, -0.05) is 0 Å². The van der Waals surface area contributed by atoms with Crippen LogP contribution in [0.3, 0.4) is 0 Å². The molecular formula is C11H13N3O5. The van der Waals surface area contributed by atoms with Crippen LogP contribution in [0.2, 0.25) is 0 Å². The first-order valence-electron chi connectivity index (χ1n) is 5.58. The van der Waals surface area contributed by atoms with Crippen LogP contribution in [0.1, 0.15) is 6.42 Å². The summed E-state index contributed by atoms with van der Waals surface area (Å²) in [6, 6.07) is 3.36. The number of benzene rings is 1. The second kappa shape index (κ2) is 4.82. The molecule has 19 heavy (non-hydrogen) atoms. The maximum Gasteiger partial charge on any atom is 0.271 e. The summed E-state index contributed by atoms with van der Waals surface area (Å²) in [5.74, 6) is -0.803. The number of hydrogen-bond donors (Lipinski definition) is 3. The Labute approximate surface area is 108 Å². The number of amides is 1. The molecule has 8 nitrogen and oxygen atoms in total. The zero-order valence-electron chi connectivity index (χ0n) is 9.96. The number of phenolic OH excluding ortho intramolecular Hbond substituents is 1. The van der Waals surface area contributed by atoms with Gasteiger partial charge in [-0.3, -0.25) is 14.9 Å². The molecule has 0 bridgehead atoms. The van der Waals surface area contributed by atoms with Crippen molar-refractivity contribution in [2.45, 2.75) is 12.0 Å². The summed E-state index contributed by atoms with van der Waals surface area (Å²) < 4.78 is 5.05. The Balaban J connectivity index is 2.20. The first kappa shape index (κ1) is 13.2. The molecule has 1 aliphatic rings. The van der Waals surface area contributed by atoms with Crippen LogP contribution in [-0.4, -0.2) is 34.7 Å². The minimum atomic E-state index is -1.17. The average molecular weight is 267 g/mol. The van der Waals surface area contributed by atoms with Gasteiger partial charge >= 0.3 is 0 Å². The first-order chi connectivity index (χ1) is 8.92. The number of hydrogen-bond acceptors (Lipinski definition) is 6. The zero-order chi connectivity index (χ0) is 14.0. The number of nitro benzene ring substituents is 1. The number of ether oxygens (including phenoxy) is 1. The minimum Gasteiger partial charge on any atom is -0.506 e. The lowest BCUT2D eigenvalue weighted by Crippen LogP contribution is -2.51. The number of carbonyl (C=O) groups is 1. The molecule has 1 atom stereocenters. The van der Waals surface area contributed by atoms with Crippen molar-refractivity contribution in [1.82, 2.24) is 0 Å². The fraction of sp³-hybridized carbons (Fsp3) is 0.364. The summed E-state index contributed by atoms with van der Waals surface area (Å²) in [6.45, 7) is 0.458. The summed E-state index contributed by atoms with van der Waals surface area (Å²) in [6.07, 6.45) is 0.356. The van der Waals surface area contributed by atoms with Crippen LogP contribution in [0.4, 0.5) is 11.4 Å². The number of nitrogens with one attached hydrogen (secondary N) is 1. The normalized spacial score (nSPS) is 22.2. The number of nitrogens with zero attached hydrogens (tertiary/aromatic N) is 1.